The van der Waals surface area contributed by atoms with Crippen LogP contribution in [0.2, 0.25) is 0 Å². The van der Waals surface area contributed by atoms with Gasteiger partial charge in [-0.2, -0.15) is 0 Å². The average molecular weight is 383 g/mol. The van der Waals surface area contributed by atoms with Crippen LogP contribution in [0.25, 0.3) is 0 Å². The van der Waals surface area contributed by atoms with E-state index in [1.807, 2.05) is 0 Å². The predicted octanol–water partition coefficient (Wildman–Crippen LogP) is 3.34. The summed E-state index contributed by atoms with van der Waals surface area (Å²) in [6, 6.07) is 11.7. The molecule has 0 aliphatic rings. The topological polar surface area (TPSA) is 125 Å². The number of carbonyl (C=O) groups excluding carboxylic acids is 2. The minimum atomic E-state index is -0.644. The van der Waals surface area contributed by atoms with E-state index in [0.29, 0.717) is 17.9 Å². The van der Waals surface area contributed by atoms with Gasteiger partial charge in [0.05, 0.1) is 4.92 Å². The summed E-state index contributed by atoms with van der Waals surface area (Å²) in [4.78, 5) is 34.4. The summed E-state index contributed by atoms with van der Waals surface area (Å²) >= 11 is 0. The summed E-state index contributed by atoms with van der Waals surface area (Å²) in [5.74, 6) is -0.416. The fraction of sp³-hybridized carbons (Fsp3) is 0.158. The number of urea groups is 1. The third-order valence-corrected chi connectivity index (χ3v) is 3.68. The van der Waals surface area contributed by atoms with E-state index in [2.05, 4.69) is 27.8 Å². The first-order valence-electron chi connectivity index (χ1n) is 8.47. The number of hydrogen-bond acceptors (Lipinski definition) is 5. The molecule has 4 N–H and O–H groups in total. The molecule has 0 radical (unpaired) electrons. The Morgan fingerprint density at radius 3 is 2.39 bits per heavy atom. The van der Waals surface area contributed by atoms with Crippen LogP contribution < -0.4 is 21.3 Å². The molecule has 0 bridgehead atoms. The van der Waals surface area contributed by atoms with E-state index in [1.54, 1.807) is 43.3 Å². The maximum atomic E-state index is 12.3. The van der Waals surface area contributed by atoms with Crippen LogP contribution in [0, 0.1) is 10.1 Å². The van der Waals surface area contributed by atoms with E-state index in [0.717, 1.165) is 0 Å². The Hall–Kier alpha value is -3.88. The highest BCUT2D eigenvalue weighted by molar-refractivity contribution is 5.98. The van der Waals surface area contributed by atoms with Crippen molar-refractivity contribution >= 4 is 34.7 Å². The van der Waals surface area contributed by atoms with Crippen molar-refractivity contribution in [2.45, 2.75) is 13.0 Å². The highest BCUT2D eigenvalue weighted by Crippen LogP contribution is 2.23. The largest absolute Gasteiger partial charge is 0.374 e. The number of amides is 3. The zero-order valence-corrected chi connectivity index (χ0v) is 15.3. The fourth-order valence-electron chi connectivity index (χ4n) is 2.29. The standard InChI is InChI=1S/C19H21N5O4/c1-3-12-20-19(26)22-15-10-8-14(9-11-15)21-13(2)18(25)23-16-6-4-5-7-17(16)24(27)28/h3-11,13,21H,1,12H2,2H3,(H,23,25)(H2,20,22,26). The van der Waals surface area contributed by atoms with Gasteiger partial charge in [0.15, 0.2) is 0 Å². The normalized spacial score (nSPS) is 11.0. The van der Waals surface area contributed by atoms with Crippen molar-refractivity contribution in [1.82, 2.24) is 5.32 Å². The van der Waals surface area contributed by atoms with E-state index in [9.17, 15) is 19.7 Å². The molecule has 2 aromatic carbocycles. The van der Waals surface area contributed by atoms with Crippen molar-refractivity contribution in [2.75, 3.05) is 22.5 Å². The van der Waals surface area contributed by atoms with Crippen molar-refractivity contribution in [3.8, 4) is 0 Å². The van der Waals surface area contributed by atoms with E-state index in [-0.39, 0.29) is 17.4 Å². The minimum absolute atomic E-state index is 0.135. The molecule has 2 rings (SSSR count). The number of nitro benzene ring substituents is 1. The quantitative estimate of drug-likeness (QED) is 0.316. The summed E-state index contributed by atoms with van der Waals surface area (Å²) < 4.78 is 0. The van der Waals surface area contributed by atoms with Gasteiger partial charge in [0, 0.05) is 24.0 Å². The molecule has 146 valence electrons. The second-order valence-corrected chi connectivity index (χ2v) is 5.83. The monoisotopic (exact) mass is 383 g/mol. The lowest BCUT2D eigenvalue weighted by Gasteiger charge is -2.16. The lowest BCUT2D eigenvalue weighted by molar-refractivity contribution is -0.383. The molecule has 9 nitrogen and oxygen atoms in total. The molecular weight excluding hydrogens is 362 g/mol. The lowest BCUT2D eigenvalue weighted by Crippen LogP contribution is -2.32. The highest BCUT2D eigenvalue weighted by Gasteiger charge is 2.18. The predicted molar refractivity (Wildman–Crippen MR) is 108 cm³/mol. The highest BCUT2D eigenvalue weighted by atomic mass is 16.6. The minimum Gasteiger partial charge on any atom is -0.374 e. The third-order valence-electron chi connectivity index (χ3n) is 3.68. The Kier molecular flexibility index (Phi) is 7.09. The summed E-state index contributed by atoms with van der Waals surface area (Å²) in [5.41, 5.74) is 1.20. The maximum Gasteiger partial charge on any atom is 0.319 e. The molecular formula is C19H21N5O4. The van der Waals surface area contributed by atoms with Gasteiger partial charge >= 0.3 is 6.03 Å². The van der Waals surface area contributed by atoms with Gasteiger partial charge in [0.1, 0.15) is 11.7 Å². The SMILES string of the molecule is C=CCNC(=O)Nc1ccc(NC(C)C(=O)Nc2ccccc2[N+](=O)[O-])cc1. The van der Waals surface area contributed by atoms with Crippen LogP contribution in [0.3, 0.4) is 0 Å². The van der Waals surface area contributed by atoms with Crippen LogP contribution >= 0.6 is 0 Å². The van der Waals surface area contributed by atoms with E-state index in [4.69, 9.17) is 0 Å². The smallest absolute Gasteiger partial charge is 0.319 e. The Labute approximate surface area is 162 Å². The molecule has 9 heteroatoms. The van der Waals surface area contributed by atoms with Crippen LogP contribution in [0.1, 0.15) is 6.92 Å². The van der Waals surface area contributed by atoms with E-state index < -0.39 is 16.9 Å². The molecule has 3 amide bonds. The molecule has 0 heterocycles. The van der Waals surface area contributed by atoms with E-state index in [1.165, 1.54) is 18.2 Å². The number of anilines is 3. The summed E-state index contributed by atoms with van der Waals surface area (Å²) in [6.07, 6.45) is 1.57. The van der Waals surface area contributed by atoms with Gasteiger partial charge in [-0.05, 0) is 37.3 Å². The Morgan fingerprint density at radius 2 is 1.75 bits per heavy atom. The van der Waals surface area contributed by atoms with Gasteiger partial charge < -0.3 is 21.3 Å². The second-order valence-electron chi connectivity index (χ2n) is 5.83. The van der Waals surface area contributed by atoms with Crippen LogP contribution in [0.15, 0.2) is 61.2 Å². The van der Waals surface area contributed by atoms with Gasteiger partial charge in [0.2, 0.25) is 5.91 Å². The Balaban J connectivity index is 1.94. The molecule has 2 aromatic rings. The number of rotatable bonds is 8. The third kappa shape index (κ3) is 5.84. The zero-order valence-electron chi connectivity index (χ0n) is 15.3. The molecule has 0 aromatic heterocycles. The average Bonchev–Trinajstić information content (AvgIpc) is 2.68. The van der Waals surface area contributed by atoms with Crippen LogP contribution in [0.4, 0.5) is 27.5 Å². The van der Waals surface area contributed by atoms with E-state index >= 15 is 0 Å². The maximum absolute atomic E-state index is 12.3. The first-order valence-corrected chi connectivity index (χ1v) is 8.47. The van der Waals surface area contributed by atoms with Crippen molar-refractivity contribution in [3.05, 3.63) is 71.3 Å². The number of carbonyl (C=O) groups is 2. The number of nitrogens with zero attached hydrogens (tertiary/aromatic N) is 1. The molecule has 0 saturated carbocycles. The van der Waals surface area contributed by atoms with Gasteiger partial charge in [-0.3, -0.25) is 14.9 Å². The molecule has 28 heavy (non-hydrogen) atoms. The number of hydrogen-bond donors (Lipinski definition) is 4. The van der Waals surface area contributed by atoms with Gasteiger partial charge in [-0.1, -0.05) is 18.2 Å². The first-order chi connectivity index (χ1) is 13.4. The number of nitro groups is 1. The summed E-state index contributed by atoms with van der Waals surface area (Å²) in [6.45, 7) is 5.51. The zero-order chi connectivity index (χ0) is 20.5. The molecule has 0 spiro atoms. The number of para-hydroxylation sites is 2. The Morgan fingerprint density at radius 1 is 1.11 bits per heavy atom. The van der Waals surface area contributed by atoms with Crippen LogP contribution in [-0.4, -0.2) is 29.4 Å². The molecule has 0 aliphatic heterocycles. The van der Waals surface area contributed by atoms with Crippen molar-refractivity contribution in [2.24, 2.45) is 0 Å². The molecule has 0 aliphatic carbocycles. The number of nitrogens with one attached hydrogen (secondary N) is 4. The molecule has 0 saturated heterocycles. The van der Waals surface area contributed by atoms with Crippen LogP contribution in [-0.2, 0) is 4.79 Å². The summed E-state index contributed by atoms with van der Waals surface area (Å²) in [7, 11) is 0. The molecule has 1 atom stereocenters. The van der Waals surface area contributed by atoms with Crippen molar-refractivity contribution < 1.29 is 14.5 Å². The Bertz CT molecular complexity index is 867. The fourth-order valence-corrected chi connectivity index (χ4v) is 2.29. The number of benzene rings is 2. The van der Waals surface area contributed by atoms with Crippen molar-refractivity contribution in [3.63, 3.8) is 0 Å². The molecule has 1 unspecified atom stereocenters. The lowest BCUT2D eigenvalue weighted by atomic mass is 10.2. The van der Waals surface area contributed by atoms with Gasteiger partial charge in [-0.15, -0.1) is 6.58 Å². The van der Waals surface area contributed by atoms with Gasteiger partial charge in [0.25, 0.3) is 5.69 Å². The van der Waals surface area contributed by atoms with Crippen molar-refractivity contribution in [1.29, 1.82) is 0 Å². The van der Waals surface area contributed by atoms with Gasteiger partial charge in [-0.25, -0.2) is 4.79 Å². The molecule has 0 fully saturated rings. The second kappa shape index (κ2) is 9.72. The summed E-state index contributed by atoms with van der Waals surface area (Å²) in [5, 5.41) is 21.8. The van der Waals surface area contributed by atoms with Crippen LogP contribution in [0.5, 0.6) is 0 Å². The first kappa shape index (κ1) is 20.4.